The molecule has 288 valence electrons. The van der Waals surface area contributed by atoms with Gasteiger partial charge in [-0.3, -0.25) is 0 Å². The summed E-state index contributed by atoms with van der Waals surface area (Å²) in [7, 11) is 0. The predicted octanol–water partition coefficient (Wildman–Crippen LogP) is 17.5. The highest BCUT2D eigenvalue weighted by atomic mass is 14.2. The highest BCUT2D eigenvalue weighted by Crippen LogP contribution is 2.47. The Morgan fingerprint density at radius 1 is 0.161 bits per heavy atom. The highest BCUT2D eigenvalue weighted by Gasteiger charge is 2.20. The van der Waals surface area contributed by atoms with Crippen molar-refractivity contribution in [2.45, 2.75) is 0 Å². The van der Waals surface area contributed by atoms with Gasteiger partial charge in [0.2, 0.25) is 0 Å². The molecule has 0 bridgehead atoms. The molecule has 0 unspecified atom stereocenters. The van der Waals surface area contributed by atoms with E-state index in [1.54, 1.807) is 0 Å². The van der Waals surface area contributed by atoms with Crippen LogP contribution in [0.3, 0.4) is 0 Å². The zero-order valence-electron chi connectivity index (χ0n) is 34.1. The Morgan fingerprint density at radius 2 is 0.468 bits per heavy atom. The summed E-state index contributed by atoms with van der Waals surface area (Å²) in [6.07, 6.45) is 0. The molecule has 0 amide bonds. The lowest BCUT2D eigenvalue weighted by Gasteiger charge is -2.20. The Balaban J connectivity index is 1.03. The molecule has 0 fully saturated rings. The minimum absolute atomic E-state index is 1.21. The second-order valence-corrected chi connectivity index (χ2v) is 16.3. The normalized spacial score (nSPS) is 11.5. The van der Waals surface area contributed by atoms with Crippen LogP contribution in [-0.4, -0.2) is 0 Å². The van der Waals surface area contributed by atoms with Crippen LogP contribution < -0.4 is 0 Å². The summed E-state index contributed by atoms with van der Waals surface area (Å²) in [6.45, 7) is 0. The molecule has 12 rings (SSSR count). The van der Waals surface area contributed by atoms with E-state index >= 15 is 0 Å². The molecule has 0 atom stereocenters. The number of benzene rings is 12. The molecular formula is C62H40. The predicted molar refractivity (Wildman–Crippen MR) is 267 cm³/mol. The molecular weight excluding hydrogens is 745 g/mol. The van der Waals surface area contributed by atoms with Gasteiger partial charge in [0, 0.05) is 0 Å². The van der Waals surface area contributed by atoms with E-state index in [9.17, 15) is 0 Å². The van der Waals surface area contributed by atoms with Crippen LogP contribution in [0.2, 0.25) is 0 Å². The summed E-state index contributed by atoms with van der Waals surface area (Å²) in [5.74, 6) is 0. The molecule has 62 heavy (non-hydrogen) atoms. The van der Waals surface area contributed by atoms with E-state index in [-0.39, 0.29) is 0 Å². The lowest BCUT2D eigenvalue weighted by molar-refractivity contribution is 1.60. The lowest BCUT2D eigenvalue weighted by Crippen LogP contribution is -1.93. The van der Waals surface area contributed by atoms with Crippen LogP contribution in [0.25, 0.3) is 121 Å². The van der Waals surface area contributed by atoms with E-state index in [4.69, 9.17) is 0 Å². The average molecular weight is 785 g/mol. The first-order chi connectivity index (χ1) is 30.8. The minimum Gasteiger partial charge on any atom is -0.0622 e. The van der Waals surface area contributed by atoms with Crippen molar-refractivity contribution >= 4 is 53.9 Å². The molecule has 0 aromatic heterocycles. The average Bonchev–Trinajstić information content (AvgIpc) is 3.35. The van der Waals surface area contributed by atoms with Gasteiger partial charge in [0.15, 0.2) is 0 Å². The van der Waals surface area contributed by atoms with Crippen LogP contribution in [-0.2, 0) is 0 Å². The number of hydrogen-bond donors (Lipinski definition) is 0. The van der Waals surface area contributed by atoms with Gasteiger partial charge in [0.05, 0.1) is 0 Å². The van der Waals surface area contributed by atoms with Crippen molar-refractivity contribution in [3.05, 3.63) is 243 Å². The molecule has 12 aromatic carbocycles. The van der Waals surface area contributed by atoms with E-state index < -0.39 is 0 Å². The molecule has 0 saturated carbocycles. The van der Waals surface area contributed by atoms with Gasteiger partial charge in [-0.05, 0) is 127 Å². The summed E-state index contributed by atoms with van der Waals surface area (Å²) >= 11 is 0. The Kier molecular flexibility index (Phi) is 8.61. The maximum atomic E-state index is 2.40. The van der Waals surface area contributed by atoms with Gasteiger partial charge in [-0.25, -0.2) is 0 Å². The fraction of sp³-hybridized carbons (Fsp3) is 0. The van der Waals surface area contributed by atoms with E-state index in [0.29, 0.717) is 0 Å². The smallest absolute Gasteiger partial charge is 0.00262 e. The van der Waals surface area contributed by atoms with E-state index in [1.165, 1.54) is 121 Å². The third-order valence-corrected chi connectivity index (χ3v) is 12.8. The van der Waals surface area contributed by atoms with Crippen molar-refractivity contribution in [2.75, 3.05) is 0 Å². The van der Waals surface area contributed by atoms with Crippen molar-refractivity contribution in [3.63, 3.8) is 0 Å². The first-order valence-corrected chi connectivity index (χ1v) is 21.5. The van der Waals surface area contributed by atoms with Crippen molar-refractivity contribution in [1.82, 2.24) is 0 Å². The Labute approximate surface area is 361 Å². The second-order valence-electron chi connectivity index (χ2n) is 16.3. The molecule has 0 radical (unpaired) electrons. The Bertz CT molecular complexity index is 3540. The Morgan fingerprint density at radius 3 is 0.903 bits per heavy atom. The van der Waals surface area contributed by atoms with Crippen LogP contribution in [0.15, 0.2) is 243 Å². The van der Waals surface area contributed by atoms with Crippen LogP contribution in [0, 0.1) is 0 Å². The second kappa shape index (κ2) is 14.9. The van der Waals surface area contributed by atoms with Crippen molar-refractivity contribution in [1.29, 1.82) is 0 Å². The molecule has 12 aromatic rings. The number of fused-ring (bicyclic) bond motifs is 5. The fourth-order valence-corrected chi connectivity index (χ4v) is 10.2. The van der Waals surface area contributed by atoms with Gasteiger partial charge in [0.25, 0.3) is 0 Å². The molecule has 0 heterocycles. The van der Waals surface area contributed by atoms with Crippen LogP contribution in [0.4, 0.5) is 0 Å². The van der Waals surface area contributed by atoms with Gasteiger partial charge >= 0.3 is 0 Å². The molecule has 0 aliphatic carbocycles. The van der Waals surface area contributed by atoms with Gasteiger partial charge in [0.1, 0.15) is 0 Å². The topological polar surface area (TPSA) is 0 Å². The van der Waals surface area contributed by atoms with Crippen molar-refractivity contribution < 1.29 is 0 Å². The fourth-order valence-electron chi connectivity index (χ4n) is 10.2. The zero-order chi connectivity index (χ0) is 41.0. The standard InChI is InChI=1S/C62H40/c1-3-19-42(20-4-1)58-48-25-8-7-18-41(48)38-39-49(58)46-23-17-24-47(40-46)62-56-32-15-13-30-54(56)61(55-31-14-16-33-57(55)62)45-36-34-44(35-37-45)60-52-28-11-9-26-50(52)59(43-21-5-2-6-22-43)51-27-10-12-29-53(51)60/h1-40H. The molecule has 0 aliphatic rings. The van der Waals surface area contributed by atoms with Crippen molar-refractivity contribution in [2.24, 2.45) is 0 Å². The summed E-state index contributed by atoms with van der Waals surface area (Å²) in [5.41, 5.74) is 14.9. The lowest BCUT2D eigenvalue weighted by atomic mass is 9.83. The maximum absolute atomic E-state index is 2.40. The quantitative estimate of drug-likeness (QED) is 0.147. The first-order valence-electron chi connectivity index (χ1n) is 21.5. The number of rotatable bonds is 6. The van der Waals surface area contributed by atoms with Gasteiger partial charge in [-0.15, -0.1) is 0 Å². The van der Waals surface area contributed by atoms with E-state index in [1.807, 2.05) is 0 Å². The third-order valence-electron chi connectivity index (χ3n) is 12.8. The van der Waals surface area contributed by atoms with Crippen LogP contribution >= 0.6 is 0 Å². The monoisotopic (exact) mass is 784 g/mol. The van der Waals surface area contributed by atoms with Gasteiger partial charge < -0.3 is 0 Å². The zero-order valence-corrected chi connectivity index (χ0v) is 34.1. The van der Waals surface area contributed by atoms with E-state index in [2.05, 4.69) is 243 Å². The number of hydrogen-bond acceptors (Lipinski definition) is 0. The summed E-state index contributed by atoms with van der Waals surface area (Å²) < 4.78 is 0. The van der Waals surface area contributed by atoms with Crippen molar-refractivity contribution in [3.8, 4) is 66.8 Å². The summed E-state index contributed by atoms with van der Waals surface area (Å²) in [5, 5.41) is 12.6. The molecule has 0 nitrogen and oxygen atoms in total. The van der Waals surface area contributed by atoms with Crippen LogP contribution in [0.5, 0.6) is 0 Å². The third kappa shape index (κ3) is 5.84. The Hall–Kier alpha value is -8.06. The largest absolute Gasteiger partial charge is 0.0622 e. The molecule has 0 aliphatic heterocycles. The van der Waals surface area contributed by atoms with Crippen LogP contribution in [0.1, 0.15) is 0 Å². The molecule has 0 saturated heterocycles. The first kappa shape index (κ1) is 35.8. The summed E-state index contributed by atoms with van der Waals surface area (Å²) in [4.78, 5) is 0. The van der Waals surface area contributed by atoms with Gasteiger partial charge in [-0.1, -0.05) is 237 Å². The molecule has 0 heteroatoms. The van der Waals surface area contributed by atoms with Gasteiger partial charge in [-0.2, -0.15) is 0 Å². The molecule has 0 spiro atoms. The van der Waals surface area contributed by atoms with E-state index in [0.717, 1.165) is 0 Å². The minimum atomic E-state index is 1.21. The highest BCUT2D eigenvalue weighted by molar-refractivity contribution is 6.23. The summed E-state index contributed by atoms with van der Waals surface area (Å²) in [6, 6.07) is 89.2. The maximum Gasteiger partial charge on any atom is -0.00262 e. The molecule has 0 N–H and O–H groups in total. The SMILES string of the molecule is c1ccc(-c2c(-c3cccc(-c4c5ccccc5c(-c5ccc(-c6c7ccccc7c(-c7ccccc7)c7ccccc67)cc5)c5ccccc45)c3)ccc3ccccc23)cc1.